The number of rotatable bonds is 6. The first-order valence-electron chi connectivity index (χ1n) is 10.2. The highest BCUT2D eigenvalue weighted by Gasteiger charge is 2.20. The van der Waals surface area contributed by atoms with Gasteiger partial charge in [0, 0.05) is 29.9 Å². The standard InChI is InChI=1S/C26H21N3O2/c30-25(21-12-14-27-15-13-21)11-10-20-16-24-26(28-17-20)22-8-4-5-9-23(22)29(24)31-18-19-6-2-1-3-7-19/h1-16,28H,17-18H2/b11-10+. The maximum Gasteiger partial charge on any atom is 0.185 e. The molecule has 0 saturated carbocycles. The Kier molecular flexibility index (Phi) is 5.07. The second-order valence-corrected chi connectivity index (χ2v) is 7.34. The molecule has 5 rings (SSSR count). The van der Waals surface area contributed by atoms with Gasteiger partial charge in [0.25, 0.3) is 0 Å². The van der Waals surface area contributed by atoms with Crippen LogP contribution in [0.5, 0.6) is 0 Å². The third kappa shape index (κ3) is 3.85. The van der Waals surface area contributed by atoms with E-state index in [1.165, 1.54) is 0 Å². The van der Waals surface area contributed by atoms with Gasteiger partial charge in [0.1, 0.15) is 12.3 Å². The zero-order valence-electron chi connectivity index (χ0n) is 16.9. The van der Waals surface area contributed by atoms with Crippen molar-refractivity contribution in [3.8, 4) is 0 Å². The third-order valence-corrected chi connectivity index (χ3v) is 5.28. The number of carbonyl (C=O) groups is 1. The van der Waals surface area contributed by atoms with Crippen LogP contribution in [-0.2, 0) is 6.61 Å². The summed E-state index contributed by atoms with van der Waals surface area (Å²) in [6, 6.07) is 21.7. The molecule has 4 aromatic rings. The zero-order valence-corrected chi connectivity index (χ0v) is 16.9. The minimum absolute atomic E-state index is 0.0463. The lowest BCUT2D eigenvalue weighted by Crippen LogP contribution is -2.16. The van der Waals surface area contributed by atoms with E-state index < -0.39 is 0 Å². The molecule has 1 N–H and O–H groups in total. The van der Waals surface area contributed by atoms with E-state index in [4.69, 9.17) is 4.84 Å². The van der Waals surface area contributed by atoms with Crippen molar-refractivity contribution in [3.05, 3.63) is 114 Å². The largest absolute Gasteiger partial charge is 0.408 e. The molecule has 2 aromatic heterocycles. The molecule has 5 heteroatoms. The van der Waals surface area contributed by atoms with Crippen LogP contribution >= 0.6 is 0 Å². The van der Waals surface area contributed by atoms with Crippen LogP contribution in [0, 0.1) is 0 Å². The van der Waals surface area contributed by atoms with Crippen molar-refractivity contribution in [2.24, 2.45) is 0 Å². The van der Waals surface area contributed by atoms with Crippen molar-refractivity contribution >= 4 is 28.4 Å². The van der Waals surface area contributed by atoms with E-state index in [9.17, 15) is 4.79 Å². The van der Waals surface area contributed by atoms with Gasteiger partial charge in [-0.1, -0.05) is 54.6 Å². The molecule has 0 spiro atoms. The summed E-state index contributed by atoms with van der Waals surface area (Å²) in [5.41, 5.74) is 5.72. The normalized spacial score (nSPS) is 13.0. The summed E-state index contributed by atoms with van der Waals surface area (Å²) in [5.74, 6) is -0.0463. The maximum absolute atomic E-state index is 12.4. The van der Waals surface area contributed by atoms with Crippen molar-refractivity contribution in [1.82, 2.24) is 9.71 Å². The Morgan fingerprint density at radius 1 is 1.03 bits per heavy atom. The first-order valence-corrected chi connectivity index (χ1v) is 10.2. The zero-order chi connectivity index (χ0) is 21.0. The Labute approximate surface area is 180 Å². The molecule has 0 saturated heterocycles. The number of allylic oxidation sites excluding steroid dienone is 1. The van der Waals surface area contributed by atoms with E-state index in [1.54, 1.807) is 30.6 Å². The number of hydrogen-bond donors (Lipinski definition) is 1. The summed E-state index contributed by atoms with van der Waals surface area (Å²) in [6.07, 6.45) is 8.78. The highest BCUT2D eigenvalue weighted by atomic mass is 16.7. The lowest BCUT2D eigenvalue weighted by molar-refractivity contribution is 0.104. The average molecular weight is 407 g/mol. The summed E-state index contributed by atoms with van der Waals surface area (Å²) < 4.78 is 1.88. The van der Waals surface area contributed by atoms with Gasteiger partial charge in [0.05, 0.1) is 11.2 Å². The average Bonchev–Trinajstić information content (AvgIpc) is 3.15. The molecule has 0 bridgehead atoms. The molecule has 5 nitrogen and oxygen atoms in total. The molecule has 1 aliphatic heterocycles. The smallest absolute Gasteiger partial charge is 0.185 e. The molecule has 3 heterocycles. The number of para-hydroxylation sites is 1. The molecule has 0 amide bonds. The molecular weight excluding hydrogens is 386 g/mol. The monoisotopic (exact) mass is 407 g/mol. The summed E-state index contributed by atoms with van der Waals surface area (Å²) in [7, 11) is 0. The van der Waals surface area contributed by atoms with E-state index in [2.05, 4.69) is 28.5 Å². The number of nitrogens with one attached hydrogen (secondary N) is 1. The minimum Gasteiger partial charge on any atom is -0.408 e. The van der Waals surface area contributed by atoms with Gasteiger partial charge in [0.15, 0.2) is 5.78 Å². The van der Waals surface area contributed by atoms with Gasteiger partial charge in [-0.25, -0.2) is 0 Å². The highest BCUT2D eigenvalue weighted by molar-refractivity contribution is 6.05. The second kappa shape index (κ2) is 8.32. The highest BCUT2D eigenvalue weighted by Crippen LogP contribution is 2.34. The number of aromatic nitrogens is 2. The van der Waals surface area contributed by atoms with Gasteiger partial charge in [-0.05, 0) is 41.5 Å². The molecule has 1 aliphatic rings. The number of benzene rings is 2. The summed E-state index contributed by atoms with van der Waals surface area (Å²) >= 11 is 0. The molecule has 0 atom stereocenters. The molecule has 0 unspecified atom stereocenters. The Balaban J connectivity index is 1.47. The topological polar surface area (TPSA) is 56.1 Å². The van der Waals surface area contributed by atoms with Crippen molar-refractivity contribution in [2.75, 3.05) is 11.9 Å². The lowest BCUT2D eigenvalue weighted by Gasteiger charge is -2.17. The van der Waals surface area contributed by atoms with Gasteiger partial charge in [-0.2, -0.15) is 4.73 Å². The lowest BCUT2D eigenvalue weighted by atomic mass is 10.1. The summed E-state index contributed by atoms with van der Waals surface area (Å²) in [6.45, 7) is 1.10. The second-order valence-electron chi connectivity index (χ2n) is 7.34. The predicted octanol–water partition coefficient (Wildman–Crippen LogP) is 4.91. The SMILES string of the molecule is O=C(/C=C/C1=Cc2c(c3ccccc3n2OCc2ccccc2)NC1)c1ccncc1. The van der Waals surface area contributed by atoms with Crippen molar-refractivity contribution in [1.29, 1.82) is 0 Å². The van der Waals surface area contributed by atoms with Crippen LogP contribution in [0.2, 0.25) is 0 Å². The molecule has 2 aromatic carbocycles. The number of carbonyl (C=O) groups excluding carboxylic acids is 1. The van der Waals surface area contributed by atoms with Crippen LogP contribution in [0.1, 0.15) is 21.6 Å². The van der Waals surface area contributed by atoms with Crippen LogP contribution < -0.4 is 10.2 Å². The van der Waals surface area contributed by atoms with E-state index >= 15 is 0 Å². The van der Waals surface area contributed by atoms with E-state index in [0.717, 1.165) is 33.4 Å². The third-order valence-electron chi connectivity index (χ3n) is 5.28. The fourth-order valence-electron chi connectivity index (χ4n) is 3.72. The number of anilines is 1. The van der Waals surface area contributed by atoms with Crippen molar-refractivity contribution in [2.45, 2.75) is 6.61 Å². The fraction of sp³-hybridized carbons (Fsp3) is 0.0769. The molecule has 0 radical (unpaired) electrons. The van der Waals surface area contributed by atoms with Gasteiger partial charge in [0.2, 0.25) is 0 Å². The van der Waals surface area contributed by atoms with Crippen LogP contribution in [-0.4, -0.2) is 22.0 Å². The number of hydrogen-bond acceptors (Lipinski definition) is 4. The van der Waals surface area contributed by atoms with Crippen LogP contribution in [0.3, 0.4) is 0 Å². The summed E-state index contributed by atoms with van der Waals surface area (Å²) in [4.78, 5) is 22.6. The van der Waals surface area contributed by atoms with Crippen LogP contribution in [0.4, 0.5) is 5.69 Å². The van der Waals surface area contributed by atoms with E-state index in [0.29, 0.717) is 18.7 Å². The van der Waals surface area contributed by atoms with Crippen molar-refractivity contribution in [3.63, 3.8) is 0 Å². The Hall–Kier alpha value is -4.12. The summed E-state index contributed by atoms with van der Waals surface area (Å²) in [5, 5.41) is 4.61. The van der Waals surface area contributed by atoms with E-state index in [1.807, 2.05) is 53.3 Å². The number of nitrogens with zero attached hydrogens (tertiary/aromatic N) is 2. The number of fused-ring (bicyclic) bond motifs is 3. The molecule has 0 fully saturated rings. The van der Waals surface area contributed by atoms with Gasteiger partial charge >= 0.3 is 0 Å². The minimum atomic E-state index is -0.0463. The first kappa shape index (κ1) is 18.9. The molecular formula is C26H21N3O2. The van der Waals surface area contributed by atoms with E-state index in [-0.39, 0.29) is 5.78 Å². The Bertz CT molecular complexity index is 1290. The number of ketones is 1. The Morgan fingerprint density at radius 2 is 1.81 bits per heavy atom. The quantitative estimate of drug-likeness (QED) is 0.364. The van der Waals surface area contributed by atoms with Crippen molar-refractivity contribution < 1.29 is 9.63 Å². The van der Waals surface area contributed by atoms with Crippen LogP contribution in [0.25, 0.3) is 17.0 Å². The number of pyridine rings is 1. The Morgan fingerprint density at radius 3 is 2.65 bits per heavy atom. The molecule has 0 aliphatic carbocycles. The van der Waals surface area contributed by atoms with Gasteiger partial charge < -0.3 is 10.2 Å². The maximum atomic E-state index is 12.4. The first-order chi connectivity index (χ1) is 15.3. The van der Waals surface area contributed by atoms with Gasteiger partial charge in [-0.3, -0.25) is 9.78 Å². The predicted molar refractivity (Wildman–Crippen MR) is 123 cm³/mol. The molecule has 152 valence electrons. The van der Waals surface area contributed by atoms with Gasteiger partial charge in [-0.15, -0.1) is 0 Å². The molecule has 31 heavy (non-hydrogen) atoms. The fourth-order valence-corrected chi connectivity index (χ4v) is 3.72. The van der Waals surface area contributed by atoms with Crippen LogP contribution in [0.15, 0.2) is 96.8 Å².